The first-order valence-electron chi connectivity index (χ1n) is 8.56. The smallest absolute Gasteiger partial charge is 0.274 e. The fraction of sp³-hybridized carbons (Fsp3) is 0.421. The number of aryl methyl sites for hydroxylation is 1. The third-order valence-electron chi connectivity index (χ3n) is 3.75. The first-order valence-corrected chi connectivity index (χ1v) is 8.56. The van der Waals surface area contributed by atoms with Crippen LogP contribution >= 0.6 is 0 Å². The summed E-state index contributed by atoms with van der Waals surface area (Å²) in [6, 6.07) is 6.85. The van der Waals surface area contributed by atoms with Crippen LogP contribution in [0.1, 0.15) is 36.6 Å². The van der Waals surface area contributed by atoms with Crippen LogP contribution in [-0.2, 0) is 0 Å². The number of carbonyl (C=O) groups excluding carboxylic acids is 1. The van der Waals surface area contributed by atoms with E-state index in [-0.39, 0.29) is 11.6 Å². The van der Waals surface area contributed by atoms with Gasteiger partial charge in [0.25, 0.3) is 5.91 Å². The minimum atomic E-state index is -0.339. The lowest BCUT2D eigenvalue weighted by molar-refractivity contribution is 0.102. The lowest BCUT2D eigenvalue weighted by Gasteiger charge is -2.13. The first kappa shape index (κ1) is 19.5. The Kier molecular flexibility index (Phi) is 6.77. The Labute approximate surface area is 154 Å². The van der Waals surface area contributed by atoms with Crippen molar-refractivity contribution in [3.63, 3.8) is 0 Å². The molecular formula is C19H26N4O3. The van der Waals surface area contributed by atoms with Crippen molar-refractivity contribution in [2.75, 3.05) is 31.4 Å². The van der Waals surface area contributed by atoms with Gasteiger partial charge in [0.05, 0.1) is 19.9 Å². The van der Waals surface area contributed by atoms with Gasteiger partial charge in [0.1, 0.15) is 28.8 Å². The molecule has 1 amide bonds. The Bertz CT molecular complexity index is 762. The zero-order valence-corrected chi connectivity index (χ0v) is 15.9. The molecule has 0 atom stereocenters. The predicted octanol–water partition coefficient (Wildman–Crippen LogP) is 3.51. The standard InChI is InChI=1S/C19H26N4O3/c1-12(2)8-9-20-18-11-16(21-13(3)22-18)19(24)23-15-10-14(25-4)6-7-17(15)26-5/h6-7,10-12H,8-9H2,1-5H3,(H,23,24)(H,20,21,22). The molecule has 2 rings (SSSR count). The summed E-state index contributed by atoms with van der Waals surface area (Å²) in [7, 11) is 3.11. The molecule has 0 spiro atoms. The number of benzene rings is 1. The van der Waals surface area contributed by atoms with E-state index >= 15 is 0 Å². The van der Waals surface area contributed by atoms with Gasteiger partial charge in [-0.1, -0.05) is 13.8 Å². The van der Waals surface area contributed by atoms with Crippen LogP contribution < -0.4 is 20.1 Å². The van der Waals surface area contributed by atoms with Gasteiger partial charge in [-0.05, 0) is 31.4 Å². The largest absolute Gasteiger partial charge is 0.497 e. The summed E-state index contributed by atoms with van der Waals surface area (Å²) in [6.45, 7) is 6.87. The van der Waals surface area contributed by atoms with Crippen LogP contribution in [0.15, 0.2) is 24.3 Å². The molecule has 0 aliphatic carbocycles. The third-order valence-corrected chi connectivity index (χ3v) is 3.75. The monoisotopic (exact) mass is 358 g/mol. The molecule has 0 saturated heterocycles. The number of methoxy groups -OCH3 is 2. The number of aromatic nitrogens is 2. The second-order valence-corrected chi connectivity index (χ2v) is 6.32. The summed E-state index contributed by atoms with van der Waals surface area (Å²) in [5, 5.41) is 6.06. The molecule has 1 aromatic heterocycles. The van der Waals surface area contributed by atoms with Crippen molar-refractivity contribution < 1.29 is 14.3 Å². The van der Waals surface area contributed by atoms with Crippen LogP contribution in [0.25, 0.3) is 0 Å². The minimum absolute atomic E-state index is 0.286. The SMILES string of the molecule is COc1ccc(OC)c(NC(=O)c2cc(NCCC(C)C)nc(C)n2)c1. The lowest BCUT2D eigenvalue weighted by Crippen LogP contribution is -2.16. The summed E-state index contributed by atoms with van der Waals surface area (Å²) in [5.41, 5.74) is 0.803. The van der Waals surface area contributed by atoms with Crippen molar-refractivity contribution >= 4 is 17.4 Å². The second-order valence-electron chi connectivity index (χ2n) is 6.32. The zero-order chi connectivity index (χ0) is 19.1. The molecule has 2 aromatic rings. The molecule has 1 aromatic carbocycles. The summed E-state index contributed by atoms with van der Waals surface area (Å²) in [5.74, 6) is 2.59. The number of ether oxygens (including phenoxy) is 2. The van der Waals surface area contributed by atoms with E-state index in [0.717, 1.165) is 13.0 Å². The van der Waals surface area contributed by atoms with Crippen LogP contribution in [-0.4, -0.2) is 36.6 Å². The van der Waals surface area contributed by atoms with E-state index in [1.807, 2.05) is 0 Å². The third kappa shape index (κ3) is 5.34. The molecule has 0 unspecified atom stereocenters. The predicted molar refractivity (Wildman–Crippen MR) is 102 cm³/mol. The van der Waals surface area contributed by atoms with Crippen molar-refractivity contribution in [3.8, 4) is 11.5 Å². The van der Waals surface area contributed by atoms with Gasteiger partial charge >= 0.3 is 0 Å². The van der Waals surface area contributed by atoms with Gasteiger partial charge < -0.3 is 20.1 Å². The molecule has 7 nitrogen and oxygen atoms in total. The quantitative estimate of drug-likeness (QED) is 0.751. The van der Waals surface area contributed by atoms with Crippen molar-refractivity contribution in [3.05, 3.63) is 35.8 Å². The topological polar surface area (TPSA) is 85.4 Å². The normalized spacial score (nSPS) is 10.5. The number of nitrogens with zero attached hydrogens (tertiary/aromatic N) is 2. The fourth-order valence-electron chi connectivity index (χ4n) is 2.36. The molecule has 0 fully saturated rings. The molecule has 7 heteroatoms. The highest BCUT2D eigenvalue weighted by atomic mass is 16.5. The van der Waals surface area contributed by atoms with Crippen LogP contribution in [0.5, 0.6) is 11.5 Å². The fourth-order valence-corrected chi connectivity index (χ4v) is 2.36. The summed E-state index contributed by atoms with van der Waals surface area (Å²) in [6.07, 6.45) is 1.02. The highest BCUT2D eigenvalue weighted by molar-refractivity contribution is 6.04. The van der Waals surface area contributed by atoms with E-state index in [0.29, 0.717) is 34.7 Å². The maximum atomic E-state index is 12.6. The number of hydrogen-bond donors (Lipinski definition) is 2. The summed E-state index contributed by atoms with van der Waals surface area (Å²) >= 11 is 0. The van der Waals surface area contributed by atoms with E-state index in [2.05, 4.69) is 34.4 Å². The number of rotatable bonds is 8. The van der Waals surface area contributed by atoms with Gasteiger partial charge in [-0.15, -0.1) is 0 Å². The highest BCUT2D eigenvalue weighted by Crippen LogP contribution is 2.29. The summed E-state index contributed by atoms with van der Waals surface area (Å²) < 4.78 is 10.5. The Morgan fingerprint density at radius 1 is 1.15 bits per heavy atom. The van der Waals surface area contributed by atoms with E-state index in [4.69, 9.17) is 9.47 Å². The molecule has 0 aliphatic rings. The van der Waals surface area contributed by atoms with E-state index in [1.165, 1.54) is 0 Å². The average molecular weight is 358 g/mol. The molecule has 0 saturated carbocycles. The van der Waals surface area contributed by atoms with Gasteiger partial charge in [-0.25, -0.2) is 9.97 Å². The zero-order valence-electron chi connectivity index (χ0n) is 15.9. The van der Waals surface area contributed by atoms with Gasteiger partial charge in [0.2, 0.25) is 0 Å². The highest BCUT2D eigenvalue weighted by Gasteiger charge is 2.14. The van der Waals surface area contributed by atoms with Crippen LogP contribution in [0.3, 0.4) is 0 Å². The Morgan fingerprint density at radius 2 is 1.92 bits per heavy atom. The van der Waals surface area contributed by atoms with Crippen molar-refractivity contribution in [2.45, 2.75) is 27.2 Å². The Balaban J connectivity index is 2.18. The van der Waals surface area contributed by atoms with Crippen molar-refractivity contribution in [1.29, 1.82) is 0 Å². The van der Waals surface area contributed by atoms with Gasteiger partial charge in [0.15, 0.2) is 0 Å². The van der Waals surface area contributed by atoms with Crippen LogP contribution in [0, 0.1) is 12.8 Å². The van der Waals surface area contributed by atoms with Crippen LogP contribution in [0.4, 0.5) is 11.5 Å². The summed E-state index contributed by atoms with van der Waals surface area (Å²) in [4.78, 5) is 21.2. The molecule has 140 valence electrons. The second kappa shape index (κ2) is 9.03. The number of nitrogens with one attached hydrogen (secondary N) is 2. The minimum Gasteiger partial charge on any atom is -0.497 e. The molecule has 0 bridgehead atoms. The molecular weight excluding hydrogens is 332 g/mol. The number of carbonyl (C=O) groups is 1. The van der Waals surface area contributed by atoms with E-state index in [1.54, 1.807) is 45.4 Å². The Morgan fingerprint density at radius 3 is 2.58 bits per heavy atom. The molecule has 0 aliphatic heterocycles. The van der Waals surface area contributed by atoms with E-state index < -0.39 is 0 Å². The van der Waals surface area contributed by atoms with Gasteiger partial charge in [0, 0.05) is 18.7 Å². The molecule has 2 N–H and O–H groups in total. The molecule has 26 heavy (non-hydrogen) atoms. The van der Waals surface area contributed by atoms with Crippen LogP contribution in [0.2, 0.25) is 0 Å². The lowest BCUT2D eigenvalue weighted by atomic mass is 10.1. The molecule has 0 radical (unpaired) electrons. The number of anilines is 2. The number of hydrogen-bond acceptors (Lipinski definition) is 6. The average Bonchev–Trinajstić information content (AvgIpc) is 2.60. The first-order chi connectivity index (χ1) is 12.4. The maximum absolute atomic E-state index is 12.6. The van der Waals surface area contributed by atoms with E-state index in [9.17, 15) is 4.79 Å². The van der Waals surface area contributed by atoms with Gasteiger partial charge in [-0.2, -0.15) is 0 Å². The van der Waals surface area contributed by atoms with Crippen molar-refractivity contribution in [1.82, 2.24) is 9.97 Å². The van der Waals surface area contributed by atoms with Gasteiger partial charge in [-0.3, -0.25) is 4.79 Å². The van der Waals surface area contributed by atoms with Crippen molar-refractivity contribution in [2.24, 2.45) is 5.92 Å². The maximum Gasteiger partial charge on any atom is 0.274 e. The Hall–Kier alpha value is -2.83. The molecule has 1 heterocycles. The number of amides is 1.